The summed E-state index contributed by atoms with van der Waals surface area (Å²) < 4.78 is 28.2. The van der Waals surface area contributed by atoms with Crippen LogP contribution >= 0.6 is 0 Å². The predicted octanol–water partition coefficient (Wildman–Crippen LogP) is 3.19. The second-order valence-electron chi connectivity index (χ2n) is 6.70. The number of benzene rings is 2. The molecule has 2 amide bonds. The topological polar surface area (TPSA) is 67.2 Å². The van der Waals surface area contributed by atoms with Gasteiger partial charge in [0.1, 0.15) is 18.2 Å². The van der Waals surface area contributed by atoms with Crippen molar-refractivity contribution >= 4 is 28.4 Å². The zero-order valence-corrected chi connectivity index (χ0v) is 15.0. The van der Waals surface area contributed by atoms with Crippen molar-refractivity contribution in [3.63, 3.8) is 0 Å². The lowest BCUT2D eigenvalue weighted by molar-refractivity contribution is -0.116. The van der Waals surface area contributed by atoms with Crippen molar-refractivity contribution in [3.05, 3.63) is 59.8 Å². The van der Waals surface area contributed by atoms with Crippen molar-refractivity contribution in [2.75, 3.05) is 18.4 Å². The molecule has 6 nitrogen and oxygen atoms in total. The van der Waals surface area contributed by atoms with E-state index in [9.17, 15) is 18.4 Å². The molecule has 1 fully saturated rings. The maximum Gasteiger partial charge on any atom is 0.275 e. The quantitative estimate of drug-likeness (QED) is 0.751. The van der Waals surface area contributed by atoms with E-state index in [1.165, 1.54) is 4.68 Å². The SMILES string of the molecule is O=C(Cn1nc(C(=O)N2CCCC2)c2ccccc21)Nc1ccc(F)cc1F. The standard InChI is InChI=1S/C20H18F2N4O2/c21-13-7-8-16(15(22)11-13)23-18(27)12-26-17-6-2-1-5-14(17)19(24-26)20(28)25-9-3-4-10-25/h1-2,5-8,11H,3-4,9-10,12H2,(H,23,27). The normalized spacial score (nSPS) is 13.9. The van der Waals surface area contributed by atoms with Crippen LogP contribution in [0.3, 0.4) is 0 Å². The average Bonchev–Trinajstić information content (AvgIpc) is 3.32. The predicted molar refractivity (Wildman–Crippen MR) is 99.9 cm³/mol. The first kappa shape index (κ1) is 18.1. The number of para-hydroxylation sites is 1. The number of carbonyl (C=O) groups is 2. The summed E-state index contributed by atoms with van der Waals surface area (Å²) in [7, 11) is 0. The minimum atomic E-state index is -0.858. The number of fused-ring (bicyclic) bond motifs is 1. The monoisotopic (exact) mass is 384 g/mol. The van der Waals surface area contributed by atoms with E-state index in [0.717, 1.165) is 25.0 Å². The molecule has 1 N–H and O–H groups in total. The Balaban J connectivity index is 1.60. The van der Waals surface area contributed by atoms with Crippen molar-refractivity contribution in [1.29, 1.82) is 0 Å². The number of nitrogens with one attached hydrogen (secondary N) is 1. The minimum Gasteiger partial charge on any atom is -0.337 e. The highest BCUT2D eigenvalue weighted by Gasteiger charge is 2.25. The summed E-state index contributed by atoms with van der Waals surface area (Å²) >= 11 is 0. The average molecular weight is 384 g/mol. The molecule has 0 radical (unpaired) electrons. The molecule has 2 heterocycles. The lowest BCUT2D eigenvalue weighted by Crippen LogP contribution is -2.28. The second kappa shape index (κ2) is 7.38. The molecule has 0 spiro atoms. The highest BCUT2D eigenvalue weighted by molar-refractivity contribution is 6.05. The highest BCUT2D eigenvalue weighted by atomic mass is 19.1. The smallest absolute Gasteiger partial charge is 0.275 e. The van der Waals surface area contributed by atoms with Crippen LogP contribution in [-0.4, -0.2) is 39.6 Å². The fourth-order valence-electron chi connectivity index (χ4n) is 3.39. The molecule has 1 saturated heterocycles. The van der Waals surface area contributed by atoms with Gasteiger partial charge in [-0.3, -0.25) is 14.3 Å². The third-order valence-electron chi connectivity index (χ3n) is 4.75. The van der Waals surface area contributed by atoms with Gasteiger partial charge in [-0.15, -0.1) is 0 Å². The van der Waals surface area contributed by atoms with Crippen LogP contribution in [0.25, 0.3) is 10.9 Å². The Labute approximate surface area is 159 Å². The third kappa shape index (κ3) is 3.45. The Morgan fingerprint density at radius 3 is 2.57 bits per heavy atom. The highest BCUT2D eigenvalue weighted by Crippen LogP contribution is 2.22. The summed E-state index contributed by atoms with van der Waals surface area (Å²) in [6, 6.07) is 10.1. The number of halogens is 2. The molecule has 0 unspecified atom stereocenters. The van der Waals surface area contributed by atoms with E-state index in [-0.39, 0.29) is 18.1 Å². The van der Waals surface area contributed by atoms with Crippen LogP contribution in [0.1, 0.15) is 23.3 Å². The van der Waals surface area contributed by atoms with Gasteiger partial charge < -0.3 is 10.2 Å². The number of rotatable bonds is 4. The second-order valence-corrected chi connectivity index (χ2v) is 6.70. The van der Waals surface area contributed by atoms with Gasteiger partial charge >= 0.3 is 0 Å². The molecule has 3 aromatic rings. The van der Waals surface area contributed by atoms with Gasteiger partial charge in [-0.2, -0.15) is 5.10 Å². The summed E-state index contributed by atoms with van der Waals surface area (Å²) in [6.45, 7) is 1.19. The van der Waals surface area contributed by atoms with Crippen molar-refractivity contribution in [1.82, 2.24) is 14.7 Å². The maximum atomic E-state index is 13.8. The summed E-state index contributed by atoms with van der Waals surface area (Å²) in [6.07, 6.45) is 1.94. The number of nitrogens with zero attached hydrogens (tertiary/aromatic N) is 3. The van der Waals surface area contributed by atoms with Crippen molar-refractivity contribution in [3.8, 4) is 0 Å². The zero-order chi connectivity index (χ0) is 19.7. The van der Waals surface area contributed by atoms with Crippen LogP contribution in [0.15, 0.2) is 42.5 Å². The van der Waals surface area contributed by atoms with E-state index in [0.29, 0.717) is 35.8 Å². The Morgan fingerprint density at radius 1 is 1.07 bits per heavy atom. The largest absolute Gasteiger partial charge is 0.337 e. The number of hydrogen-bond acceptors (Lipinski definition) is 3. The van der Waals surface area contributed by atoms with Gasteiger partial charge in [-0.25, -0.2) is 8.78 Å². The van der Waals surface area contributed by atoms with Crippen molar-refractivity contribution < 1.29 is 18.4 Å². The Kier molecular flexibility index (Phi) is 4.77. The van der Waals surface area contributed by atoms with Crippen molar-refractivity contribution in [2.24, 2.45) is 0 Å². The molecule has 8 heteroatoms. The van der Waals surface area contributed by atoms with Crippen LogP contribution in [0.2, 0.25) is 0 Å². The van der Waals surface area contributed by atoms with E-state index >= 15 is 0 Å². The molecule has 1 aliphatic heterocycles. The molecule has 144 valence electrons. The first-order valence-electron chi connectivity index (χ1n) is 9.02. The van der Waals surface area contributed by atoms with Gasteiger partial charge in [0, 0.05) is 24.5 Å². The lowest BCUT2D eigenvalue weighted by atomic mass is 10.2. The van der Waals surface area contributed by atoms with Gasteiger partial charge in [0.25, 0.3) is 5.91 Å². The molecule has 0 atom stereocenters. The third-order valence-corrected chi connectivity index (χ3v) is 4.75. The zero-order valence-electron chi connectivity index (χ0n) is 15.0. The lowest BCUT2D eigenvalue weighted by Gasteiger charge is -2.13. The van der Waals surface area contributed by atoms with Crippen LogP contribution in [0.5, 0.6) is 0 Å². The molecule has 4 rings (SSSR count). The number of amides is 2. The summed E-state index contributed by atoms with van der Waals surface area (Å²) in [5.41, 5.74) is 0.828. The van der Waals surface area contributed by atoms with Crippen LogP contribution in [0.4, 0.5) is 14.5 Å². The number of anilines is 1. The summed E-state index contributed by atoms with van der Waals surface area (Å²) in [4.78, 5) is 26.9. The number of carbonyl (C=O) groups excluding carboxylic acids is 2. The van der Waals surface area contributed by atoms with Crippen molar-refractivity contribution in [2.45, 2.75) is 19.4 Å². The number of likely N-dealkylation sites (tertiary alicyclic amines) is 1. The van der Waals surface area contributed by atoms with E-state index < -0.39 is 17.5 Å². The Hall–Kier alpha value is -3.29. The van der Waals surface area contributed by atoms with Gasteiger partial charge in [0.05, 0.1) is 11.2 Å². The van der Waals surface area contributed by atoms with E-state index in [2.05, 4.69) is 10.4 Å². The summed E-state index contributed by atoms with van der Waals surface area (Å²) in [5.74, 6) is -2.27. The minimum absolute atomic E-state index is 0.115. The molecule has 0 saturated carbocycles. The van der Waals surface area contributed by atoms with E-state index in [1.54, 1.807) is 23.1 Å². The van der Waals surface area contributed by atoms with Gasteiger partial charge in [-0.05, 0) is 31.0 Å². The van der Waals surface area contributed by atoms with Crippen LogP contribution in [-0.2, 0) is 11.3 Å². The first-order chi connectivity index (χ1) is 13.5. The van der Waals surface area contributed by atoms with Crippen LogP contribution in [0, 0.1) is 11.6 Å². The fraction of sp³-hybridized carbons (Fsp3) is 0.250. The number of aromatic nitrogens is 2. The molecule has 0 bridgehead atoms. The van der Waals surface area contributed by atoms with Gasteiger partial charge in [-0.1, -0.05) is 18.2 Å². The molecular formula is C20H18F2N4O2. The molecule has 28 heavy (non-hydrogen) atoms. The molecule has 1 aromatic heterocycles. The molecule has 2 aromatic carbocycles. The fourth-order valence-corrected chi connectivity index (χ4v) is 3.39. The Bertz CT molecular complexity index is 1060. The van der Waals surface area contributed by atoms with E-state index in [1.807, 2.05) is 6.07 Å². The molecule has 1 aliphatic rings. The molecular weight excluding hydrogens is 366 g/mol. The van der Waals surface area contributed by atoms with Gasteiger partial charge in [0.15, 0.2) is 5.69 Å². The molecule has 0 aliphatic carbocycles. The number of hydrogen-bond donors (Lipinski definition) is 1. The summed E-state index contributed by atoms with van der Waals surface area (Å²) in [5, 5.41) is 7.44. The Morgan fingerprint density at radius 2 is 1.82 bits per heavy atom. The van der Waals surface area contributed by atoms with Crippen LogP contribution < -0.4 is 5.32 Å². The maximum absolute atomic E-state index is 13.8. The van der Waals surface area contributed by atoms with E-state index in [4.69, 9.17) is 0 Å². The first-order valence-corrected chi connectivity index (χ1v) is 9.02. The van der Waals surface area contributed by atoms with Gasteiger partial charge in [0.2, 0.25) is 5.91 Å².